The standard InChI is InChI=1S/C24H35N5O2/c1-16-4-5-21-18(14-16)15-20(23(30)26-17(2)25)22(27-21)29-10-6-19(7-11-29)28-24(3)8-12-31-13-9-24/h4-5,14-15,17,19,28H,6-13,25H2,1-3H3,(H,26,30). The van der Waals surface area contributed by atoms with Gasteiger partial charge in [0.25, 0.3) is 5.91 Å². The van der Waals surface area contributed by atoms with Crippen molar-refractivity contribution < 1.29 is 9.53 Å². The summed E-state index contributed by atoms with van der Waals surface area (Å²) in [4.78, 5) is 20.1. The fourth-order valence-electron chi connectivity index (χ4n) is 4.67. The maximum Gasteiger partial charge on any atom is 0.256 e. The highest BCUT2D eigenvalue weighted by Gasteiger charge is 2.32. The van der Waals surface area contributed by atoms with Crippen molar-refractivity contribution >= 4 is 22.6 Å². The molecule has 2 aromatic rings. The van der Waals surface area contributed by atoms with E-state index in [0.717, 1.165) is 74.3 Å². The van der Waals surface area contributed by atoms with Crippen molar-refractivity contribution in [1.82, 2.24) is 15.6 Å². The average molecular weight is 426 g/mol. The van der Waals surface area contributed by atoms with Gasteiger partial charge in [-0.25, -0.2) is 4.98 Å². The number of nitrogens with zero attached hydrogens (tertiary/aromatic N) is 2. The Balaban J connectivity index is 1.54. The maximum absolute atomic E-state index is 12.9. The van der Waals surface area contributed by atoms with Crippen molar-refractivity contribution in [3.63, 3.8) is 0 Å². The van der Waals surface area contributed by atoms with Crippen molar-refractivity contribution in [3.8, 4) is 0 Å². The van der Waals surface area contributed by atoms with Gasteiger partial charge in [-0.05, 0) is 64.7 Å². The second kappa shape index (κ2) is 9.10. The largest absolute Gasteiger partial charge is 0.381 e. The van der Waals surface area contributed by atoms with E-state index in [1.165, 1.54) is 0 Å². The summed E-state index contributed by atoms with van der Waals surface area (Å²) in [6, 6.07) is 8.59. The van der Waals surface area contributed by atoms with Gasteiger partial charge in [0.1, 0.15) is 5.82 Å². The SMILES string of the molecule is Cc1ccc2nc(N3CCC(NC4(C)CCOCC4)CC3)c(C(=O)NC(C)N)cc2c1. The lowest BCUT2D eigenvalue weighted by Crippen LogP contribution is -2.54. The molecule has 168 valence electrons. The molecule has 0 aliphatic carbocycles. The van der Waals surface area contributed by atoms with Gasteiger partial charge >= 0.3 is 0 Å². The van der Waals surface area contributed by atoms with E-state index in [1.54, 1.807) is 6.92 Å². The van der Waals surface area contributed by atoms with E-state index in [1.807, 2.05) is 19.1 Å². The number of amides is 1. The molecule has 2 saturated heterocycles. The minimum absolute atomic E-state index is 0.159. The van der Waals surface area contributed by atoms with E-state index in [2.05, 4.69) is 34.6 Å². The summed E-state index contributed by atoms with van der Waals surface area (Å²) in [5.41, 5.74) is 8.64. The molecule has 3 heterocycles. The number of piperidine rings is 1. The zero-order chi connectivity index (χ0) is 22.0. The first-order chi connectivity index (χ1) is 14.8. The molecule has 1 unspecified atom stereocenters. The predicted octanol–water partition coefficient (Wildman–Crippen LogP) is 2.71. The number of hydrogen-bond acceptors (Lipinski definition) is 6. The lowest BCUT2D eigenvalue weighted by atomic mass is 9.90. The third kappa shape index (κ3) is 5.17. The Morgan fingerprint density at radius 3 is 2.65 bits per heavy atom. The highest BCUT2D eigenvalue weighted by molar-refractivity contribution is 6.02. The smallest absolute Gasteiger partial charge is 0.256 e. The van der Waals surface area contributed by atoms with Crippen LogP contribution in [0.25, 0.3) is 10.9 Å². The number of benzene rings is 1. The van der Waals surface area contributed by atoms with E-state index < -0.39 is 6.17 Å². The summed E-state index contributed by atoms with van der Waals surface area (Å²) >= 11 is 0. The van der Waals surface area contributed by atoms with Crippen LogP contribution in [0, 0.1) is 6.92 Å². The number of nitrogens with one attached hydrogen (secondary N) is 2. The van der Waals surface area contributed by atoms with E-state index in [4.69, 9.17) is 15.5 Å². The number of aromatic nitrogens is 1. The number of rotatable bonds is 5. The molecule has 31 heavy (non-hydrogen) atoms. The molecule has 1 aromatic heterocycles. The molecule has 1 atom stereocenters. The minimum atomic E-state index is -0.413. The first kappa shape index (κ1) is 22.0. The number of carbonyl (C=O) groups excluding carboxylic acids is 1. The Labute approximate surface area is 184 Å². The Hall–Kier alpha value is -2.22. The summed E-state index contributed by atoms with van der Waals surface area (Å²) in [7, 11) is 0. The first-order valence-corrected chi connectivity index (χ1v) is 11.4. The van der Waals surface area contributed by atoms with Crippen molar-refractivity contribution in [2.45, 2.75) is 64.2 Å². The third-order valence-corrected chi connectivity index (χ3v) is 6.50. The molecule has 2 aliphatic rings. The van der Waals surface area contributed by atoms with Gasteiger partial charge in [0.2, 0.25) is 0 Å². The van der Waals surface area contributed by atoms with E-state index in [0.29, 0.717) is 11.6 Å². The Kier molecular flexibility index (Phi) is 6.46. The normalized spacial score (nSPS) is 20.6. The Bertz CT molecular complexity index is 931. The van der Waals surface area contributed by atoms with Gasteiger partial charge in [-0.15, -0.1) is 0 Å². The zero-order valence-corrected chi connectivity index (χ0v) is 18.9. The van der Waals surface area contributed by atoms with Gasteiger partial charge in [0, 0.05) is 43.3 Å². The van der Waals surface area contributed by atoms with Crippen LogP contribution in [0.2, 0.25) is 0 Å². The number of hydrogen-bond donors (Lipinski definition) is 3. The fraction of sp³-hybridized carbons (Fsp3) is 0.583. The van der Waals surface area contributed by atoms with Gasteiger partial charge in [-0.1, -0.05) is 11.6 Å². The van der Waals surface area contributed by atoms with Crippen LogP contribution in [-0.4, -0.2) is 54.9 Å². The lowest BCUT2D eigenvalue weighted by molar-refractivity contribution is 0.0391. The molecule has 2 aliphatic heterocycles. The van der Waals surface area contributed by atoms with Crippen LogP contribution in [0.5, 0.6) is 0 Å². The monoisotopic (exact) mass is 425 g/mol. The predicted molar refractivity (Wildman–Crippen MR) is 124 cm³/mol. The second-order valence-electron chi connectivity index (χ2n) is 9.40. The van der Waals surface area contributed by atoms with Crippen molar-refractivity contribution in [2.75, 3.05) is 31.2 Å². The lowest BCUT2D eigenvalue weighted by Gasteiger charge is -2.41. The van der Waals surface area contributed by atoms with Crippen LogP contribution in [0.1, 0.15) is 55.5 Å². The minimum Gasteiger partial charge on any atom is -0.381 e. The molecule has 0 radical (unpaired) electrons. The van der Waals surface area contributed by atoms with E-state index in [-0.39, 0.29) is 11.4 Å². The summed E-state index contributed by atoms with van der Waals surface area (Å²) in [6.45, 7) is 9.53. The Morgan fingerprint density at radius 1 is 1.26 bits per heavy atom. The number of pyridine rings is 1. The Morgan fingerprint density at radius 2 is 1.97 bits per heavy atom. The van der Waals surface area contributed by atoms with E-state index in [9.17, 15) is 4.79 Å². The van der Waals surface area contributed by atoms with Crippen molar-refractivity contribution in [1.29, 1.82) is 0 Å². The van der Waals surface area contributed by atoms with Crippen LogP contribution in [0.15, 0.2) is 24.3 Å². The molecule has 1 aromatic carbocycles. The number of aryl methyl sites for hydroxylation is 1. The second-order valence-corrected chi connectivity index (χ2v) is 9.40. The summed E-state index contributed by atoms with van der Waals surface area (Å²) < 4.78 is 5.53. The van der Waals surface area contributed by atoms with E-state index >= 15 is 0 Å². The first-order valence-electron chi connectivity index (χ1n) is 11.4. The molecule has 7 heteroatoms. The van der Waals surface area contributed by atoms with Crippen molar-refractivity contribution in [2.24, 2.45) is 5.73 Å². The number of anilines is 1. The molecule has 2 fully saturated rings. The molecule has 4 rings (SSSR count). The molecule has 0 saturated carbocycles. The molecule has 0 spiro atoms. The summed E-state index contributed by atoms with van der Waals surface area (Å²) in [5.74, 6) is 0.584. The molecule has 1 amide bonds. The zero-order valence-electron chi connectivity index (χ0n) is 18.9. The highest BCUT2D eigenvalue weighted by atomic mass is 16.5. The van der Waals surface area contributed by atoms with Gasteiger partial charge in [-0.2, -0.15) is 0 Å². The van der Waals surface area contributed by atoms with Gasteiger partial charge < -0.3 is 26.0 Å². The third-order valence-electron chi connectivity index (χ3n) is 6.50. The average Bonchev–Trinajstić information content (AvgIpc) is 2.73. The van der Waals surface area contributed by atoms with Gasteiger partial charge in [0.05, 0.1) is 17.2 Å². The maximum atomic E-state index is 12.9. The van der Waals surface area contributed by atoms with Crippen molar-refractivity contribution in [3.05, 3.63) is 35.4 Å². The quantitative estimate of drug-likeness (QED) is 0.638. The summed E-state index contributed by atoms with van der Waals surface area (Å²) in [6.07, 6.45) is 3.75. The fourth-order valence-corrected chi connectivity index (χ4v) is 4.67. The van der Waals surface area contributed by atoms with Crippen LogP contribution >= 0.6 is 0 Å². The number of ether oxygens (including phenoxy) is 1. The van der Waals surface area contributed by atoms with Crippen LogP contribution in [0.3, 0.4) is 0 Å². The van der Waals surface area contributed by atoms with Gasteiger partial charge in [-0.3, -0.25) is 4.79 Å². The molecule has 7 nitrogen and oxygen atoms in total. The van der Waals surface area contributed by atoms with Crippen LogP contribution in [0.4, 0.5) is 5.82 Å². The molecular formula is C24H35N5O2. The number of nitrogens with two attached hydrogens (primary N) is 1. The van der Waals surface area contributed by atoms with Crippen LogP contribution in [-0.2, 0) is 4.74 Å². The molecular weight excluding hydrogens is 390 g/mol. The number of carbonyl (C=O) groups is 1. The van der Waals surface area contributed by atoms with Crippen LogP contribution < -0.4 is 21.3 Å². The van der Waals surface area contributed by atoms with Gasteiger partial charge in [0.15, 0.2) is 0 Å². The molecule has 4 N–H and O–H groups in total. The molecule has 0 bridgehead atoms. The summed E-state index contributed by atoms with van der Waals surface area (Å²) in [5, 5.41) is 7.69. The topological polar surface area (TPSA) is 92.5 Å². The highest BCUT2D eigenvalue weighted by Crippen LogP contribution is 2.28. The number of fused-ring (bicyclic) bond motifs is 1.